The zero-order valence-electron chi connectivity index (χ0n) is 21.5. The van der Waals surface area contributed by atoms with Gasteiger partial charge in [0.1, 0.15) is 11.6 Å². The van der Waals surface area contributed by atoms with E-state index in [9.17, 15) is 12.8 Å². The van der Waals surface area contributed by atoms with E-state index in [1.165, 1.54) is 36.7 Å². The second kappa shape index (κ2) is 9.87. The van der Waals surface area contributed by atoms with Gasteiger partial charge in [0.05, 0.1) is 33.6 Å². The highest BCUT2D eigenvalue weighted by Gasteiger charge is 2.28. The lowest BCUT2D eigenvalue weighted by Crippen LogP contribution is -2.18. The Balaban J connectivity index is 1.59. The van der Waals surface area contributed by atoms with E-state index in [0.717, 1.165) is 21.3 Å². The molecule has 4 bridgehead atoms. The molecule has 5 aromatic rings. The van der Waals surface area contributed by atoms with E-state index in [0.29, 0.717) is 27.2 Å². The van der Waals surface area contributed by atoms with Crippen LogP contribution in [-0.2, 0) is 22.1 Å². The van der Waals surface area contributed by atoms with Crippen molar-refractivity contribution in [1.29, 1.82) is 0 Å². The fourth-order valence-corrected chi connectivity index (χ4v) is 7.26. The highest BCUT2D eigenvalue weighted by molar-refractivity contribution is 7.99. The molecule has 2 aromatic heterocycles. The van der Waals surface area contributed by atoms with Crippen LogP contribution in [0.15, 0.2) is 112 Å². The third-order valence-corrected chi connectivity index (χ3v) is 9.90. The second-order valence-corrected chi connectivity index (χ2v) is 12.7. The van der Waals surface area contributed by atoms with E-state index >= 15 is 4.39 Å². The predicted molar refractivity (Wildman–Crippen MR) is 153 cm³/mol. The summed E-state index contributed by atoms with van der Waals surface area (Å²) in [5.74, 6) is -1.03. The van der Waals surface area contributed by atoms with Crippen molar-refractivity contribution in [3.05, 3.63) is 120 Å². The summed E-state index contributed by atoms with van der Waals surface area (Å²) in [6, 6.07) is 15.5. The quantitative estimate of drug-likeness (QED) is 0.222. The van der Waals surface area contributed by atoms with Crippen LogP contribution in [-0.4, -0.2) is 28.4 Å². The lowest BCUT2D eigenvalue weighted by Gasteiger charge is -2.22. The second-order valence-electron chi connectivity index (χ2n) is 9.77. The summed E-state index contributed by atoms with van der Waals surface area (Å²) >= 11 is 1.15. The Bertz CT molecular complexity index is 1910. The molecule has 1 atom stereocenters. The summed E-state index contributed by atoms with van der Waals surface area (Å²) < 4.78 is 60.5. The molecule has 6 rings (SSSR count). The first-order chi connectivity index (χ1) is 19.2. The van der Waals surface area contributed by atoms with Crippen molar-refractivity contribution in [2.45, 2.75) is 40.1 Å². The lowest BCUT2D eigenvalue weighted by atomic mass is 9.92. The average molecular weight is 575 g/mol. The molecule has 1 aliphatic rings. The molecule has 0 N–H and O–H groups in total. The number of benzene rings is 3. The van der Waals surface area contributed by atoms with Crippen LogP contribution in [0.2, 0.25) is 0 Å². The fraction of sp³-hybridized carbons (Fsp3) is 0.133. The van der Waals surface area contributed by atoms with Crippen molar-refractivity contribution in [1.82, 2.24) is 13.8 Å². The molecule has 3 aromatic carbocycles. The summed E-state index contributed by atoms with van der Waals surface area (Å²) in [5, 5.41) is 5.10. The molecule has 0 amide bonds. The maximum absolute atomic E-state index is 15.9. The molecular formula is C30H24F2N4O2S2. The van der Waals surface area contributed by atoms with Crippen molar-refractivity contribution in [3.63, 3.8) is 0 Å². The van der Waals surface area contributed by atoms with Crippen LogP contribution < -0.4 is 0 Å². The molecule has 0 saturated heterocycles. The zero-order valence-corrected chi connectivity index (χ0v) is 23.1. The summed E-state index contributed by atoms with van der Waals surface area (Å²) in [6.07, 6.45) is 8.69. The van der Waals surface area contributed by atoms with Gasteiger partial charge in [-0.05, 0) is 55.3 Å². The van der Waals surface area contributed by atoms with Crippen molar-refractivity contribution >= 4 is 38.9 Å². The Morgan fingerprint density at radius 1 is 1.10 bits per heavy atom. The van der Waals surface area contributed by atoms with Gasteiger partial charge in [-0.3, -0.25) is 9.67 Å². The van der Waals surface area contributed by atoms with Crippen LogP contribution in [0.5, 0.6) is 0 Å². The van der Waals surface area contributed by atoms with E-state index in [2.05, 4.69) is 11.7 Å². The first-order valence-corrected chi connectivity index (χ1v) is 14.7. The van der Waals surface area contributed by atoms with Crippen LogP contribution in [0.4, 0.5) is 8.78 Å². The monoisotopic (exact) mass is 574 g/mol. The number of aromatic nitrogens is 3. The van der Waals surface area contributed by atoms with E-state index in [4.69, 9.17) is 4.99 Å². The Labute approximate surface area is 234 Å². The first kappa shape index (κ1) is 26.2. The number of aliphatic imine (C=N–C) groups is 1. The number of hydrogen-bond donors (Lipinski definition) is 0. The summed E-state index contributed by atoms with van der Waals surface area (Å²) in [6.45, 7) is 5.95. The van der Waals surface area contributed by atoms with Gasteiger partial charge in [0.25, 0.3) is 10.0 Å². The SMILES string of the molecule is C=CCC1(C)N=Cc2cc(ccc2F)Sc2c(F)cc3c(ccn3S(=O)(=O)c3ccccc3)c2Cn2cc1cn2. The van der Waals surface area contributed by atoms with Gasteiger partial charge in [-0.1, -0.05) is 36.0 Å². The normalized spacial score (nSPS) is 17.1. The van der Waals surface area contributed by atoms with Gasteiger partial charge in [-0.15, -0.1) is 6.58 Å². The minimum atomic E-state index is -3.97. The number of halogens is 2. The van der Waals surface area contributed by atoms with Gasteiger partial charge < -0.3 is 0 Å². The molecule has 40 heavy (non-hydrogen) atoms. The molecule has 0 radical (unpaired) electrons. The van der Waals surface area contributed by atoms with E-state index in [-0.39, 0.29) is 22.5 Å². The van der Waals surface area contributed by atoms with Gasteiger partial charge >= 0.3 is 0 Å². The van der Waals surface area contributed by atoms with Crippen LogP contribution in [0.3, 0.4) is 0 Å². The molecule has 6 nitrogen and oxygen atoms in total. The largest absolute Gasteiger partial charge is 0.281 e. The van der Waals surface area contributed by atoms with Crippen molar-refractivity contribution < 1.29 is 17.2 Å². The summed E-state index contributed by atoms with van der Waals surface area (Å²) in [5.41, 5.74) is 1.09. The molecule has 0 spiro atoms. The Morgan fingerprint density at radius 3 is 2.67 bits per heavy atom. The van der Waals surface area contributed by atoms with Gasteiger partial charge in [0.2, 0.25) is 0 Å². The number of fused-ring (bicyclic) bond motifs is 7. The molecule has 0 fully saturated rings. The molecule has 0 aliphatic carbocycles. The van der Waals surface area contributed by atoms with Crippen LogP contribution in [0.1, 0.15) is 30.0 Å². The zero-order chi connectivity index (χ0) is 28.1. The van der Waals surface area contributed by atoms with Crippen LogP contribution in [0.25, 0.3) is 10.9 Å². The highest BCUT2D eigenvalue weighted by Crippen LogP contribution is 2.40. The standard InChI is InChI=1S/C30H24F2N4O2S2/c1-3-12-30(2)21-17-34-35(18-21)19-25-24-11-13-36(40(37,38)23-7-5-4-6-8-23)28(24)15-27(32)29(25)39-22-9-10-26(31)20(14-22)16-33-30/h3-11,13-18H,1,12,19H2,2H3. The van der Waals surface area contributed by atoms with Crippen molar-refractivity contribution in [2.75, 3.05) is 0 Å². The highest BCUT2D eigenvalue weighted by atomic mass is 32.2. The average Bonchev–Trinajstić information content (AvgIpc) is 3.59. The molecule has 202 valence electrons. The van der Waals surface area contributed by atoms with Crippen molar-refractivity contribution in [2.24, 2.45) is 4.99 Å². The van der Waals surface area contributed by atoms with Gasteiger partial charge in [0.15, 0.2) is 0 Å². The van der Waals surface area contributed by atoms with E-state index in [1.807, 2.05) is 13.1 Å². The molecule has 0 saturated carbocycles. The minimum Gasteiger partial charge on any atom is -0.281 e. The number of hydrogen-bond acceptors (Lipinski definition) is 5. The molecular weight excluding hydrogens is 550 g/mol. The van der Waals surface area contributed by atoms with Gasteiger partial charge in [-0.2, -0.15) is 5.10 Å². The molecule has 3 heterocycles. The molecule has 1 aliphatic heterocycles. The first-order valence-electron chi connectivity index (χ1n) is 12.5. The summed E-state index contributed by atoms with van der Waals surface area (Å²) in [4.78, 5) is 5.75. The third kappa shape index (κ3) is 4.47. The van der Waals surface area contributed by atoms with E-state index in [1.54, 1.807) is 53.4 Å². The lowest BCUT2D eigenvalue weighted by molar-refractivity contribution is 0.507. The molecule has 1 unspecified atom stereocenters. The van der Waals surface area contributed by atoms with Gasteiger partial charge in [0, 0.05) is 46.1 Å². The Morgan fingerprint density at radius 2 is 1.90 bits per heavy atom. The summed E-state index contributed by atoms with van der Waals surface area (Å²) in [7, 11) is -3.97. The predicted octanol–water partition coefficient (Wildman–Crippen LogP) is 6.78. The Kier molecular flexibility index (Phi) is 6.47. The number of nitrogens with zero attached hydrogens (tertiary/aromatic N) is 4. The van der Waals surface area contributed by atoms with Crippen molar-refractivity contribution in [3.8, 4) is 0 Å². The topological polar surface area (TPSA) is 69.2 Å². The van der Waals surface area contributed by atoms with E-state index < -0.39 is 27.2 Å². The fourth-order valence-electron chi connectivity index (χ4n) is 4.89. The molecule has 10 heteroatoms. The third-order valence-electron chi connectivity index (χ3n) is 7.06. The number of rotatable bonds is 4. The van der Waals surface area contributed by atoms with Crippen LogP contribution >= 0.6 is 11.8 Å². The van der Waals surface area contributed by atoms with Crippen LogP contribution in [0, 0.1) is 11.6 Å². The minimum absolute atomic E-state index is 0.100. The van der Waals surface area contributed by atoms with Gasteiger partial charge in [-0.25, -0.2) is 21.2 Å². The Hall–Kier alpha value is -4.02. The maximum Gasteiger partial charge on any atom is 0.268 e. The maximum atomic E-state index is 15.9. The smallest absolute Gasteiger partial charge is 0.268 e.